The lowest BCUT2D eigenvalue weighted by atomic mass is 10.2. The predicted molar refractivity (Wildman–Crippen MR) is 65.2 cm³/mol. The molecule has 1 N–H and O–H groups in total. The Hall–Kier alpha value is -1.67. The van der Waals surface area contributed by atoms with Crippen molar-refractivity contribution in [1.29, 1.82) is 0 Å². The van der Waals surface area contributed by atoms with Gasteiger partial charge in [-0.1, -0.05) is 11.3 Å². The van der Waals surface area contributed by atoms with Crippen molar-refractivity contribution in [2.45, 2.75) is 12.5 Å². The van der Waals surface area contributed by atoms with Crippen LogP contribution in [-0.4, -0.2) is 37.3 Å². The molecule has 1 aromatic heterocycles. The van der Waals surface area contributed by atoms with E-state index in [0.717, 1.165) is 24.4 Å². The summed E-state index contributed by atoms with van der Waals surface area (Å²) in [7, 11) is 1.24. The average molecular weight is 272 g/mol. The number of rotatable bonds is 5. The molecule has 1 aromatic rings. The largest absolute Gasteiger partial charge is 0.465 e. The van der Waals surface area contributed by atoms with E-state index >= 15 is 0 Å². The summed E-state index contributed by atoms with van der Waals surface area (Å²) in [6, 6.07) is 1.44. The maximum atomic E-state index is 11.3. The van der Waals surface area contributed by atoms with Gasteiger partial charge in [0, 0.05) is 13.2 Å². The van der Waals surface area contributed by atoms with Gasteiger partial charge in [-0.05, 0) is 12.5 Å². The number of ether oxygens (including phenoxy) is 2. The third-order valence-corrected chi connectivity index (χ3v) is 3.65. The minimum atomic E-state index is -0.573. The summed E-state index contributed by atoms with van der Waals surface area (Å²) in [6.07, 6.45) is 1.03. The van der Waals surface area contributed by atoms with Gasteiger partial charge in [-0.25, -0.2) is 4.79 Å². The van der Waals surface area contributed by atoms with E-state index in [2.05, 4.69) is 10.1 Å². The summed E-state index contributed by atoms with van der Waals surface area (Å²) in [6.45, 7) is 1.23. The van der Waals surface area contributed by atoms with Crippen LogP contribution in [0.1, 0.15) is 16.1 Å². The molecular formula is C10H12N2O5S. The fourth-order valence-electron chi connectivity index (χ4n) is 1.51. The minimum absolute atomic E-state index is 0.0882. The molecule has 2 heterocycles. The second-order valence-corrected chi connectivity index (χ2v) is 4.77. The zero-order valence-electron chi connectivity index (χ0n) is 9.67. The number of hydrogen-bond donors (Lipinski definition) is 1. The van der Waals surface area contributed by atoms with Crippen LogP contribution in [-0.2, 0) is 9.47 Å². The number of anilines is 1. The summed E-state index contributed by atoms with van der Waals surface area (Å²) in [5, 5.41) is 13.7. The number of nitrogens with one attached hydrogen (secondary N) is 1. The Bertz CT molecular complexity index is 469. The molecule has 8 heteroatoms. The maximum Gasteiger partial charge on any atom is 0.348 e. The topological polar surface area (TPSA) is 90.7 Å². The van der Waals surface area contributed by atoms with Crippen LogP contribution in [0, 0.1) is 10.1 Å². The predicted octanol–water partition coefficient (Wildman–Crippen LogP) is 1.64. The van der Waals surface area contributed by atoms with Crippen LogP contribution >= 0.6 is 11.3 Å². The van der Waals surface area contributed by atoms with Gasteiger partial charge in [-0.15, -0.1) is 0 Å². The lowest BCUT2D eigenvalue weighted by Gasteiger charge is -2.26. The van der Waals surface area contributed by atoms with E-state index in [0.29, 0.717) is 12.2 Å². The monoisotopic (exact) mass is 272 g/mol. The third-order valence-electron chi connectivity index (χ3n) is 2.58. The lowest BCUT2D eigenvalue weighted by molar-refractivity contribution is -0.379. The maximum absolute atomic E-state index is 11.3. The number of thiophene rings is 1. The van der Waals surface area contributed by atoms with Crippen molar-refractivity contribution in [2.75, 3.05) is 25.6 Å². The van der Waals surface area contributed by atoms with Crippen LogP contribution in [0.15, 0.2) is 6.07 Å². The highest BCUT2D eigenvalue weighted by Crippen LogP contribution is 2.35. The van der Waals surface area contributed by atoms with Crippen LogP contribution in [0.25, 0.3) is 0 Å². The van der Waals surface area contributed by atoms with E-state index in [9.17, 15) is 14.9 Å². The Balaban J connectivity index is 2.12. The van der Waals surface area contributed by atoms with Crippen molar-refractivity contribution in [3.05, 3.63) is 21.1 Å². The van der Waals surface area contributed by atoms with Gasteiger partial charge in [0.15, 0.2) is 0 Å². The van der Waals surface area contributed by atoms with E-state index in [1.165, 1.54) is 13.2 Å². The van der Waals surface area contributed by atoms with Gasteiger partial charge in [0.2, 0.25) is 0 Å². The van der Waals surface area contributed by atoms with Gasteiger partial charge in [0.05, 0.1) is 18.1 Å². The highest BCUT2D eigenvalue weighted by molar-refractivity contribution is 7.17. The van der Waals surface area contributed by atoms with Crippen molar-refractivity contribution >= 4 is 28.0 Å². The second-order valence-electron chi connectivity index (χ2n) is 3.74. The molecule has 0 aliphatic carbocycles. The lowest BCUT2D eigenvalue weighted by Crippen LogP contribution is -2.33. The molecule has 7 nitrogen and oxygen atoms in total. The molecule has 1 aliphatic heterocycles. The fraction of sp³-hybridized carbons (Fsp3) is 0.500. The molecule has 1 unspecified atom stereocenters. The normalized spacial score (nSPS) is 17.9. The molecule has 1 fully saturated rings. The Kier molecular flexibility index (Phi) is 3.78. The highest BCUT2D eigenvalue weighted by atomic mass is 32.1. The molecule has 1 saturated heterocycles. The van der Waals surface area contributed by atoms with Gasteiger partial charge in [-0.3, -0.25) is 10.1 Å². The quantitative estimate of drug-likeness (QED) is 0.498. The van der Waals surface area contributed by atoms with Gasteiger partial charge in [0.25, 0.3) is 0 Å². The average Bonchev–Trinajstić information content (AvgIpc) is 2.70. The van der Waals surface area contributed by atoms with Crippen LogP contribution in [0.2, 0.25) is 0 Å². The molecular weight excluding hydrogens is 260 g/mol. The van der Waals surface area contributed by atoms with Gasteiger partial charge in [0.1, 0.15) is 10.6 Å². The van der Waals surface area contributed by atoms with Gasteiger partial charge in [-0.2, -0.15) is 0 Å². The first-order chi connectivity index (χ1) is 8.61. The number of nitrogens with zero attached hydrogens (tertiary/aromatic N) is 1. The Morgan fingerprint density at radius 1 is 1.78 bits per heavy atom. The molecule has 1 aliphatic rings. The van der Waals surface area contributed by atoms with E-state index in [4.69, 9.17) is 4.74 Å². The molecule has 0 radical (unpaired) electrons. The zero-order valence-corrected chi connectivity index (χ0v) is 10.5. The molecule has 0 aromatic carbocycles. The molecule has 1 atom stereocenters. The molecule has 0 spiro atoms. The highest BCUT2D eigenvalue weighted by Gasteiger charge is 2.25. The molecule has 0 bridgehead atoms. The van der Waals surface area contributed by atoms with Crippen molar-refractivity contribution < 1.29 is 19.2 Å². The molecule has 0 amide bonds. The summed E-state index contributed by atoms with van der Waals surface area (Å²) >= 11 is 0.801. The van der Waals surface area contributed by atoms with Crippen LogP contribution in [0.3, 0.4) is 0 Å². The molecule has 2 rings (SSSR count). The van der Waals surface area contributed by atoms with Crippen molar-refractivity contribution in [2.24, 2.45) is 0 Å². The van der Waals surface area contributed by atoms with Crippen molar-refractivity contribution in [3.8, 4) is 0 Å². The SMILES string of the molecule is COC(=O)c1cc(NCC2CCO2)c([N+](=O)[O-])s1. The summed E-state index contributed by atoms with van der Waals surface area (Å²) in [4.78, 5) is 21.9. The molecule has 0 saturated carbocycles. The number of methoxy groups -OCH3 is 1. The molecule has 18 heavy (non-hydrogen) atoms. The van der Waals surface area contributed by atoms with Crippen LogP contribution < -0.4 is 5.32 Å². The van der Waals surface area contributed by atoms with Crippen molar-refractivity contribution in [3.63, 3.8) is 0 Å². The standard InChI is InChI=1S/C10H12N2O5S/c1-16-10(13)8-4-7(9(18-8)12(14)15)11-5-6-2-3-17-6/h4,6,11H,2-3,5H2,1H3. The number of carbonyl (C=O) groups excluding carboxylic acids is 1. The smallest absolute Gasteiger partial charge is 0.348 e. The first-order valence-corrected chi connectivity index (χ1v) is 6.15. The minimum Gasteiger partial charge on any atom is -0.465 e. The number of hydrogen-bond acceptors (Lipinski definition) is 7. The third kappa shape index (κ3) is 2.59. The van der Waals surface area contributed by atoms with E-state index in [1.54, 1.807) is 0 Å². The molecule has 98 valence electrons. The number of esters is 1. The second kappa shape index (κ2) is 5.32. The summed E-state index contributed by atoms with van der Waals surface area (Å²) in [5.41, 5.74) is 0.334. The Labute approximate surface area is 107 Å². The Morgan fingerprint density at radius 3 is 3.00 bits per heavy atom. The first kappa shape index (κ1) is 12.8. The van der Waals surface area contributed by atoms with Crippen molar-refractivity contribution in [1.82, 2.24) is 0 Å². The van der Waals surface area contributed by atoms with Gasteiger partial charge >= 0.3 is 11.0 Å². The zero-order chi connectivity index (χ0) is 13.1. The summed E-state index contributed by atoms with van der Waals surface area (Å²) in [5.74, 6) is -0.573. The number of nitro groups is 1. The Morgan fingerprint density at radius 2 is 2.50 bits per heavy atom. The van der Waals surface area contributed by atoms with Crippen LogP contribution in [0.4, 0.5) is 10.7 Å². The van der Waals surface area contributed by atoms with E-state index in [-0.39, 0.29) is 16.0 Å². The first-order valence-electron chi connectivity index (χ1n) is 5.34. The van der Waals surface area contributed by atoms with E-state index < -0.39 is 10.9 Å². The fourth-order valence-corrected chi connectivity index (χ4v) is 2.38. The number of carbonyl (C=O) groups is 1. The van der Waals surface area contributed by atoms with Crippen LogP contribution in [0.5, 0.6) is 0 Å². The summed E-state index contributed by atoms with van der Waals surface area (Å²) < 4.78 is 9.75. The van der Waals surface area contributed by atoms with E-state index in [1.807, 2.05) is 0 Å². The van der Waals surface area contributed by atoms with Gasteiger partial charge < -0.3 is 14.8 Å².